The third kappa shape index (κ3) is 6.81. The molecule has 0 amide bonds. The first-order valence-corrected chi connectivity index (χ1v) is 13.5. The maximum atomic E-state index is 11.7. The SMILES string of the molecule is CC1CCC(C2CCC(C)C(=O)C2)CC1.CC1CCC(C2CCC(C)C(O)C2)CC1. The number of aliphatic hydroxyl groups is 1. The van der Waals surface area contributed by atoms with Crippen molar-refractivity contribution in [1.82, 2.24) is 0 Å². The van der Waals surface area contributed by atoms with Gasteiger partial charge in [0, 0.05) is 12.3 Å². The molecule has 0 bridgehead atoms. The molecule has 4 aliphatic carbocycles. The molecule has 5 atom stereocenters. The van der Waals surface area contributed by atoms with Gasteiger partial charge in [0.15, 0.2) is 0 Å². The van der Waals surface area contributed by atoms with E-state index in [2.05, 4.69) is 27.7 Å². The lowest BCUT2D eigenvalue weighted by Gasteiger charge is -2.38. The predicted molar refractivity (Wildman–Crippen MR) is 126 cm³/mol. The zero-order valence-corrected chi connectivity index (χ0v) is 20.5. The molecule has 0 aliphatic heterocycles. The first-order chi connectivity index (χ1) is 14.3. The minimum atomic E-state index is -0.0110. The Morgan fingerprint density at radius 3 is 1.57 bits per heavy atom. The molecule has 0 radical (unpaired) electrons. The molecule has 30 heavy (non-hydrogen) atoms. The number of ketones is 1. The molecule has 0 aromatic carbocycles. The van der Waals surface area contributed by atoms with Crippen LogP contribution in [-0.4, -0.2) is 17.0 Å². The Bertz CT molecular complexity index is 513. The number of rotatable bonds is 2. The summed E-state index contributed by atoms with van der Waals surface area (Å²) in [6, 6.07) is 0. The van der Waals surface area contributed by atoms with E-state index in [1.54, 1.807) is 0 Å². The molecule has 174 valence electrons. The van der Waals surface area contributed by atoms with Crippen molar-refractivity contribution in [2.24, 2.45) is 47.3 Å². The fraction of sp³-hybridized carbons (Fsp3) is 0.964. The van der Waals surface area contributed by atoms with E-state index in [0.29, 0.717) is 17.6 Å². The van der Waals surface area contributed by atoms with Gasteiger partial charge in [-0.15, -0.1) is 0 Å². The number of hydrogen-bond acceptors (Lipinski definition) is 2. The molecule has 4 saturated carbocycles. The van der Waals surface area contributed by atoms with Crippen molar-refractivity contribution >= 4 is 5.78 Å². The molecule has 0 heterocycles. The molecule has 4 aliphatic rings. The fourth-order valence-electron chi connectivity index (χ4n) is 6.86. The van der Waals surface area contributed by atoms with Gasteiger partial charge in [-0.2, -0.15) is 0 Å². The highest BCUT2D eigenvalue weighted by atomic mass is 16.3. The molecule has 4 fully saturated rings. The number of Topliss-reactive ketones (excluding diaryl/α,β-unsaturated/α-hetero) is 1. The summed E-state index contributed by atoms with van der Waals surface area (Å²) in [5, 5.41) is 9.93. The Hall–Kier alpha value is -0.370. The van der Waals surface area contributed by atoms with E-state index in [9.17, 15) is 9.90 Å². The monoisotopic (exact) mass is 418 g/mol. The second kappa shape index (κ2) is 11.5. The molecule has 4 rings (SSSR count). The highest BCUT2D eigenvalue weighted by molar-refractivity contribution is 5.81. The van der Waals surface area contributed by atoms with Crippen LogP contribution >= 0.6 is 0 Å². The van der Waals surface area contributed by atoms with Crippen LogP contribution in [0.5, 0.6) is 0 Å². The third-order valence-corrected chi connectivity index (χ3v) is 9.63. The van der Waals surface area contributed by atoms with Crippen molar-refractivity contribution in [2.45, 2.75) is 124 Å². The Morgan fingerprint density at radius 2 is 1.07 bits per heavy atom. The van der Waals surface area contributed by atoms with Crippen molar-refractivity contribution in [3.63, 3.8) is 0 Å². The summed E-state index contributed by atoms with van der Waals surface area (Å²) >= 11 is 0. The average molecular weight is 419 g/mol. The average Bonchev–Trinajstić information content (AvgIpc) is 2.74. The lowest BCUT2D eigenvalue weighted by Crippen LogP contribution is -2.32. The second-order valence-electron chi connectivity index (χ2n) is 12.1. The van der Waals surface area contributed by atoms with Crippen molar-refractivity contribution in [1.29, 1.82) is 0 Å². The standard InChI is InChI=1S/C14H26O.C14H24O/c2*1-10-3-6-12(7-4-10)13-8-5-11(2)14(15)9-13/h10-15H,3-9H2,1-2H3;10-13H,3-9H2,1-2H3. The molecule has 1 N–H and O–H groups in total. The number of carbonyl (C=O) groups excluding carboxylic acids is 1. The maximum Gasteiger partial charge on any atom is 0.135 e. The number of aliphatic hydroxyl groups excluding tert-OH is 1. The summed E-state index contributed by atoms with van der Waals surface area (Å²) in [7, 11) is 0. The van der Waals surface area contributed by atoms with Gasteiger partial charge in [0.2, 0.25) is 0 Å². The summed E-state index contributed by atoms with van der Waals surface area (Å²) in [5.74, 6) is 6.69. The van der Waals surface area contributed by atoms with Gasteiger partial charge < -0.3 is 5.11 Å². The molecule has 5 unspecified atom stereocenters. The van der Waals surface area contributed by atoms with Gasteiger partial charge in [-0.25, -0.2) is 0 Å². The van der Waals surface area contributed by atoms with E-state index in [-0.39, 0.29) is 6.10 Å². The molecule has 0 aromatic heterocycles. The van der Waals surface area contributed by atoms with E-state index >= 15 is 0 Å². The summed E-state index contributed by atoms with van der Waals surface area (Å²) in [4.78, 5) is 11.7. The topological polar surface area (TPSA) is 37.3 Å². The second-order valence-corrected chi connectivity index (χ2v) is 12.1. The van der Waals surface area contributed by atoms with Gasteiger partial charge in [-0.1, -0.05) is 53.4 Å². The fourth-order valence-corrected chi connectivity index (χ4v) is 6.86. The smallest absolute Gasteiger partial charge is 0.135 e. The molecule has 2 heteroatoms. The van der Waals surface area contributed by atoms with E-state index in [4.69, 9.17) is 0 Å². The van der Waals surface area contributed by atoms with Gasteiger partial charge in [0.05, 0.1) is 6.10 Å². The molecule has 0 aromatic rings. The lowest BCUT2D eigenvalue weighted by molar-refractivity contribution is -0.126. The van der Waals surface area contributed by atoms with Crippen molar-refractivity contribution in [2.75, 3.05) is 0 Å². The largest absolute Gasteiger partial charge is 0.393 e. The maximum absolute atomic E-state index is 11.7. The molecule has 2 nitrogen and oxygen atoms in total. The van der Waals surface area contributed by atoms with Gasteiger partial charge in [0.1, 0.15) is 5.78 Å². The van der Waals surface area contributed by atoms with Crippen LogP contribution in [0.1, 0.15) is 118 Å². The zero-order valence-electron chi connectivity index (χ0n) is 20.5. The van der Waals surface area contributed by atoms with Gasteiger partial charge in [0.25, 0.3) is 0 Å². The highest BCUT2D eigenvalue weighted by Crippen LogP contribution is 2.41. The summed E-state index contributed by atoms with van der Waals surface area (Å²) < 4.78 is 0. The minimum Gasteiger partial charge on any atom is -0.393 e. The summed E-state index contributed by atoms with van der Waals surface area (Å²) in [5.41, 5.74) is 0. The Morgan fingerprint density at radius 1 is 0.600 bits per heavy atom. The zero-order chi connectivity index (χ0) is 21.7. The van der Waals surface area contributed by atoms with Crippen molar-refractivity contribution in [3.8, 4) is 0 Å². The van der Waals surface area contributed by atoms with E-state index in [1.165, 1.54) is 70.6 Å². The number of carbonyl (C=O) groups is 1. The van der Waals surface area contributed by atoms with Crippen LogP contribution < -0.4 is 0 Å². The minimum absolute atomic E-state index is 0.0110. The highest BCUT2D eigenvalue weighted by Gasteiger charge is 2.33. The van der Waals surface area contributed by atoms with Gasteiger partial charge in [-0.05, 0) is 99.2 Å². The van der Waals surface area contributed by atoms with Crippen LogP contribution in [0, 0.1) is 47.3 Å². The third-order valence-electron chi connectivity index (χ3n) is 9.63. The summed E-state index contributed by atoms with van der Waals surface area (Å²) in [6.07, 6.45) is 18.3. The Balaban J connectivity index is 0.000000171. The van der Waals surface area contributed by atoms with Crippen LogP contribution in [0.25, 0.3) is 0 Å². The van der Waals surface area contributed by atoms with E-state index in [1.807, 2.05) is 0 Å². The van der Waals surface area contributed by atoms with Crippen LogP contribution in [0.4, 0.5) is 0 Å². The normalized spacial score (nSPS) is 45.4. The van der Waals surface area contributed by atoms with E-state index < -0.39 is 0 Å². The number of hydrogen-bond donors (Lipinski definition) is 1. The Kier molecular flexibility index (Phi) is 9.29. The van der Waals surface area contributed by atoms with Crippen molar-refractivity contribution < 1.29 is 9.90 Å². The van der Waals surface area contributed by atoms with Gasteiger partial charge >= 0.3 is 0 Å². The van der Waals surface area contributed by atoms with Crippen LogP contribution in [-0.2, 0) is 4.79 Å². The molecular formula is C28H50O2. The van der Waals surface area contributed by atoms with E-state index in [0.717, 1.165) is 54.8 Å². The van der Waals surface area contributed by atoms with Gasteiger partial charge in [-0.3, -0.25) is 4.79 Å². The Labute approximate surface area is 187 Å². The lowest BCUT2D eigenvalue weighted by atomic mass is 9.69. The molecule has 0 spiro atoms. The first kappa shape index (κ1) is 24.3. The van der Waals surface area contributed by atoms with Crippen LogP contribution in [0.15, 0.2) is 0 Å². The first-order valence-electron chi connectivity index (χ1n) is 13.5. The molecular weight excluding hydrogens is 368 g/mol. The molecule has 0 saturated heterocycles. The quantitative estimate of drug-likeness (QED) is 0.506. The van der Waals surface area contributed by atoms with Crippen molar-refractivity contribution in [3.05, 3.63) is 0 Å². The predicted octanol–water partition coefficient (Wildman–Crippen LogP) is 7.43. The van der Waals surface area contributed by atoms with Crippen LogP contribution in [0.2, 0.25) is 0 Å². The van der Waals surface area contributed by atoms with Crippen LogP contribution in [0.3, 0.4) is 0 Å². The summed E-state index contributed by atoms with van der Waals surface area (Å²) in [6.45, 7) is 9.05.